The second-order valence-corrected chi connectivity index (χ2v) is 6.47. The summed E-state index contributed by atoms with van der Waals surface area (Å²) in [5.74, 6) is 1.92. The van der Waals surface area contributed by atoms with E-state index in [1.807, 2.05) is 0 Å². The lowest BCUT2D eigenvalue weighted by molar-refractivity contribution is 0.311. The molecule has 0 heteroatoms. The Morgan fingerprint density at radius 3 is 1.11 bits per heavy atom. The first-order valence-electron chi connectivity index (χ1n) is 8.30. The largest absolute Gasteiger partial charge is 0.0776 e. The van der Waals surface area contributed by atoms with Crippen LogP contribution in [0.4, 0.5) is 0 Å². The second kappa shape index (κ2) is 12.1. The minimum absolute atomic E-state index is 0. The molecule has 0 radical (unpaired) electrons. The molecule has 0 atom stereocenters. The summed E-state index contributed by atoms with van der Waals surface area (Å²) in [5, 5.41) is 0. The lowest BCUT2D eigenvalue weighted by atomic mass is 9.85. The zero-order valence-corrected chi connectivity index (χ0v) is 12.3. The van der Waals surface area contributed by atoms with Crippen molar-refractivity contribution >= 4 is 0 Å². The highest BCUT2D eigenvalue weighted by atomic mass is 14.2. The van der Waals surface area contributed by atoms with Gasteiger partial charge in [0.2, 0.25) is 0 Å². The van der Waals surface area contributed by atoms with Gasteiger partial charge >= 0.3 is 0 Å². The third-order valence-electron chi connectivity index (χ3n) is 4.59. The predicted molar refractivity (Wildman–Crippen MR) is 85.1 cm³/mol. The first-order chi connectivity index (χ1) is 8.30. The molecular weight excluding hydrogens is 216 g/mol. The van der Waals surface area contributed by atoms with Crippen LogP contribution in [0.1, 0.15) is 105 Å². The maximum atomic E-state index is 2.42. The highest BCUT2D eigenvalue weighted by Crippen LogP contribution is 2.26. The topological polar surface area (TPSA) is 0 Å². The van der Waals surface area contributed by atoms with Gasteiger partial charge in [0.1, 0.15) is 0 Å². The normalized spacial score (nSPS) is 22.2. The van der Waals surface area contributed by atoms with Gasteiger partial charge in [-0.05, 0) is 11.8 Å². The summed E-state index contributed by atoms with van der Waals surface area (Å²) in [7, 11) is 0. The Hall–Kier alpha value is 0. The molecule has 0 N–H and O–H groups in total. The molecule has 0 nitrogen and oxygen atoms in total. The Morgan fingerprint density at radius 2 is 0.833 bits per heavy atom. The monoisotopic (exact) mass is 254 g/mol. The average Bonchev–Trinajstić information content (AvgIpc) is 2.31. The number of hydrogen-bond donors (Lipinski definition) is 0. The minimum atomic E-state index is 0. The van der Waals surface area contributed by atoms with Crippen molar-refractivity contribution in [2.24, 2.45) is 11.8 Å². The van der Waals surface area contributed by atoms with E-state index in [2.05, 4.69) is 13.8 Å². The fourth-order valence-electron chi connectivity index (χ4n) is 3.22. The highest BCUT2D eigenvalue weighted by molar-refractivity contribution is 4.64. The SMILES string of the molecule is C.CC(C)C1CCCCCCCCCCCCC1. The third-order valence-corrected chi connectivity index (χ3v) is 4.59. The van der Waals surface area contributed by atoms with Crippen LogP contribution in [0, 0.1) is 11.8 Å². The van der Waals surface area contributed by atoms with Crippen LogP contribution in [0.25, 0.3) is 0 Å². The van der Waals surface area contributed by atoms with Gasteiger partial charge in [-0.15, -0.1) is 0 Å². The van der Waals surface area contributed by atoms with Gasteiger partial charge in [-0.1, -0.05) is 105 Å². The molecule has 1 rings (SSSR count). The van der Waals surface area contributed by atoms with E-state index in [1.165, 1.54) is 83.5 Å². The molecule has 0 bridgehead atoms. The van der Waals surface area contributed by atoms with E-state index < -0.39 is 0 Å². The van der Waals surface area contributed by atoms with Crippen LogP contribution in [-0.4, -0.2) is 0 Å². The van der Waals surface area contributed by atoms with Crippen LogP contribution in [0.15, 0.2) is 0 Å². The van der Waals surface area contributed by atoms with E-state index in [1.54, 1.807) is 0 Å². The van der Waals surface area contributed by atoms with Crippen molar-refractivity contribution in [3.05, 3.63) is 0 Å². The lowest BCUT2D eigenvalue weighted by Crippen LogP contribution is -2.09. The molecule has 1 fully saturated rings. The molecule has 1 aliphatic carbocycles. The average molecular weight is 255 g/mol. The molecule has 110 valence electrons. The fourth-order valence-corrected chi connectivity index (χ4v) is 3.22. The van der Waals surface area contributed by atoms with E-state index in [4.69, 9.17) is 0 Å². The van der Waals surface area contributed by atoms with Crippen molar-refractivity contribution in [1.82, 2.24) is 0 Å². The molecule has 0 spiro atoms. The second-order valence-electron chi connectivity index (χ2n) is 6.47. The third kappa shape index (κ3) is 9.00. The van der Waals surface area contributed by atoms with Crippen LogP contribution in [0.2, 0.25) is 0 Å². The molecule has 0 aromatic heterocycles. The molecular formula is C18H38. The van der Waals surface area contributed by atoms with Gasteiger partial charge in [-0.25, -0.2) is 0 Å². The predicted octanol–water partition coefficient (Wildman–Crippen LogP) is 6.98. The number of rotatable bonds is 1. The Labute approximate surface area is 117 Å². The summed E-state index contributed by atoms with van der Waals surface area (Å²) in [4.78, 5) is 0. The van der Waals surface area contributed by atoms with Gasteiger partial charge in [0.25, 0.3) is 0 Å². The number of hydrogen-bond acceptors (Lipinski definition) is 0. The summed E-state index contributed by atoms with van der Waals surface area (Å²) in [5.41, 5.74) is 0. The smallest absolute Gasteiger partial charge is 0.0391 e. The van der Waals surface area contributed by atoms with Crippen LogP contribution >= 0.6 is 0 Å². The molecule has 0 amide bonds. The zero-order chi connectivity index (χ0) is 12.3. The summed E-state index contributed by atoms with van der Waals surface area (Å²) in [6.45, 7) is 4.85. The first-order valence-corrected chi connectivity index (χ1v) is 8.30. The van der Waals surface area contributed by atoms with E-state index in [-0.39, 0.29) is 7.43 Å². The van der Waals surface area contributed by atoms with Gasteiger partial charge in [0.15, 0.2) is 0 Å². The van der Waals surface area contributed by atoms with Crippen molar-refractivity contribution in [3.63, 3.8) is 0 Å². The minimum Gasteiger partial charge on any atom is -0.0776 e. The quantitative estimate of drug-likeness (QED) is 0.473. The lowest BCUT2D eigenvalue weighted by Gasteiger charge is -2.21. The van der Waals surface area contributed by atoms with Gasteiger partial charge in [-0.3, -0.25) is 0 Å². The fraction of sp³-hybridized carbons (Fsp3) is 1.00. The van der Waals surface area contributed by atoms with Crippen molar-refractivity contribution < 1.29 is 0 Å². The van der Waals surface area contributed by atoms with Crippen molar-refractivity contribution in [1.29, 1.82) is 0 Å². The van der Waals surface area contributed by atoms with Gasteiger partial charge in [0.05, 0.1) is 0 Å². The molecule has 1 saturated carbocycles. The zero-order valence-electron chi connectivity index (χ0n) is 12.3. The highest BCUT2D eigenvalue weighted by Gasteiger charge is 2.12. The Morgan fingerprint density at radius 1 is 0.556 bits per heavy atom. The Balaban J connectivity index is 0.00000289. The standard InChI is InChI=1S/C17H34.CH4/c1-16(2)17-14-12-10-8-6-4-3-5-7-9-11-13-15-17;/h16-17H,3-15H2,1-2H3;1H4. The Bertz CT molecular complexity index is 145. The van der Waals surface area contributed by atoms with E-state index in [0.29, 0.717) is 0 Å². The molecule has 18 heavy (non-hydrogen) atoms. The molecule has 0 aromatic carbocycles. The summed E-state index contributed by atoms with van der Waals surface area (Å²) < 4.78 is 0. The molecule has 0 saturated heterocycles. The molecule has 0 heterocycles. The molecule has 1 aliphatic rings. The summed E-state index contributed by atoms with van der Waals surface area (Å²) in [6.07, 6.45) is 19.4. The van der Waals surface area contributed by atoms with E-state index in [9.17, 15) is 0 Å². The van der Waals surface area contributed by atoms with Gasteiger partial charge < -0.3 is 0 Å². The van der Waals surface area contributed by atoms with Crippen LogP contribution in [-0.2, 0) is 0 Å². The molecule has 0 aliphatic heterocycles. The van der Waals surface area contributed by atoms with E-state index >= 15 is 0 Å². The molecule has 0 aromatic rings. The van der Waals surface area contributed by atoms with E-state index in [0.717, 1.165) is 11.8 Å². The van der Waals surface area contributed by atoms with Gasteiger partial charge in [0, 0.05) is 0 Å². The Kier molecular flexibility index (Phi) is 12.1. The van der Waals surface area contributed by atoms with Crippen molar-refractivity contribution in [2.45, 2.75) is 105 Å². The van der Waals surface area contributed by atoms with Crippen molar-refractivity contribution in [2.75, 3.05) is 0 Å². The first kappa shape index (κ1) is 18.0. The van der Waals surface area contributed by atoms with Gasteiger partial charge in [-0.2, -0.15) is 0 Å². The van der Waals surface area contributed by atoms with Crippen molar-refractivity contribution in [3.8, 4) is 0 Å². The summed E-state index contributed by atoms with van der Waals surface area (Å²) in [6, 6.07) is 0. The van der Waals surface area contributed by atoms with Crippen LogP contribution < -0.4 is 0 Å². The van der Waals surface area contributed by atoms with Crippen LogP contribution in [0.3, 0.4) is 0 Å². The maximum Gasteiger partial charge on any atom is -0.0391 e. The van der Waals surface area contributed by atoms with Crippen LogP contribution in [0.5, 0.6) is 0 Å². The summed E-state index contributed by atoms with van der Waals surface area (Å²) >= 11 is 0. The molecule has 0 unspecified atom stereocenters. The maximum absolute atomic E-state index is 2.42.